The van der Waals surface area contributed by atoms with Crippen molar-refractivity contribution in [2.24, 2.45) is 0 Å². The first-order valence-electron chi connectivity index (χ1n) is 5.15. The van der Waals surface area contributed by atoms with E-state index in [2.05, 4.69) is 43.4 Å². The number of hydrogen-bond acceptors (Lipinski definition) is 2. The number of hydrogen-bond donors (Lipinski definition) is 2. The van der Waals surface area contributed by atoms with E-state index in [-0.39, 0.29) is 6.61 Å². The van der Waals surface area contributed by atoms with Gasteiger partial charge in [-0.05, 0) is 37.9 Å². The van der Waals surface area contributed by atoms with E-state index >= 15 is 0 Å². The van der Waals surface area contributed by atoms with Gasteiger partial charge in [-0.3, -0.25) is 0 Å². The molecule has 0 aromatic heterocycles. The topological polar surface area (TPSA) is 32.3 Å². The molecule has 2 N–H and O–H groups in total. The maximum Gasteiger partial charge on any atom is 0.0443 e. The van der Waals surface area contributed by atoms with E-state index in [1.54, 1.807) is 0 Å². The van der Waals surface area contributed by atoms with Gasteiger partial charge in [-0.25, -0.2) is 0 Å². The van der Waals surface area contributed by atoms with Crippen LogP contribution in [0.15, 0.2) is 24.3 Å². The Morgan fingerprint density at radius 2 is 2.07 bits per heavy atom. The number of nitrogens with one attached hydrogen (secondary N) is 1. The molecule has 14 heavy (non-hydrogen) atoms. The second-order valence-electron chi connectivity index (χ2n) is 3.61. The Hall–Kier alpha value is -0.860. The quantitative estimate of drug-likeness (QED) is 0.701. The van der Waals surface area contributed by atoms with Crippen LogP contribution in [0.2, 0.25) is 0 Å². The molecule has 2 nitrogen and oxygen atoms in total. The standard InChI is InChI=1S/C12H19NO/c1-10-6-3-4-7-12(10)11(2)13-8-5-9-14/h3-4,6-7,11,13-14H,5,8-9H2,1-2H3. The van der Waals surface area contributed by atoms with Crippen LogP contribution in [0.4, 0.5) is 0 Å². The minimum atomic E-state index is 0.257. The predicted octanol–water partition coefficient (Wildman–Crippen LogP) is 2.03. The van der Waals surface area contributed by atoms with E-state index in [0.717, 1.165) is 13.0 Å². The second-order valence-corrected chi connectivity index (χ2v) is 3.61. The van der Waals surface area contributed by atoms with Crippen LogP contribution in [0.1, 0.15) is 30.5 Å². The Morgan fingerprint density at radius 1 is 1.36 bits per heavy atom. The van der Waals surface area contributed by atoms with Gasteiger partial charge in [0.05, 0.1) is 0 Å². The number of rotatable bonds is 5. The number of aryl methyl sites for hydroxylation is 1. The highest BCUT2D eigenvalue weighted by Crippen LogP contribution is 2.16. The fourth-order valence-corrected chi connectivity index (χ4v) is 1.58. The molecule has 1 rings (SSSR count). The van der Waals surface area contributed by atoms with Crippen LogP contribution >= 0.6 is 0 Å². The number of aliphatic hydroxyl groups is 1. The van der Waals surface area contributed by atoms with E-state index in [1.165, 1.54) is 11.1 Å². The predicted molar refractivity (Wildman–Crippen MR) is 59.3 cm³/mol. The van der Waals surface area contributed by atoms with Crippen LogP contribution in [-0.2, 0) is 0 Å². The lowest BCUT2D eigenvalue weighted by Gasteiger charge is -2.15. The van der Waals surface area contributed by atoms with Crippen LogP contribution in [0, 0.1) is 6.92 Å². The lowest BCUT2D eigenvalue weighted by molar-refractivity contribution is 0.284. The molecule has 1 aromatic carbocycles. The molecular weight excluding hydrogens is 174 g/mol. The highest BCUT2D eigenvalue weighted by atomic mass is 16.3. The molecule has 0 aliphatic rings. The lowest BCUT2D eigenvalue weighted by Crippen LogP contribution is -2.21. The first-order valence-corrected chi connectivity index (χ1v) is 5.15. The molecule has 1 aromatic rings. The Balaban J connectivity index is 2.51. The zero-order valence-corrected chi connectivity index (χ0v) is 8.96. The molecule has 0 heterocycles. The van der Waals surface area contributed by atoms with Crippen LogP contribution in [0.5, 0.6) is 0 Å². The third-order valence-corrected chi connectivity index (χ3v) is 2.44. The summed E-state index contributed by atoms with van der Waals surface area (Å²) in [6.45, 7) is 5.40. The minimum absolute atomic E-state index is 0.257. The molecule has 0 aliphatic carbocycles. The summed E-state index contributed by atoms with van der Waals surface area (Å²) in [5.41, 5.74) is 2.65. The molecular formula is C12H19NO. The van der Waals surface area contributed by atoms with Crippen molar-refractivity contribution in [3.63, 3.8) is 0 Å². The Morgan fingerprint density at radius 3 is 2.71 bits per heavy atom. The number of aliphatic hydroxyl groups excluding tert-OH is 1. The third-order valence-electron chi connectivity index (χ3n) is 2.44. The van der Waals surface area contributed by atoms with Crippen molar-refractivity contribution < 1.29 is 5.11 Å². The van der Waals surface area contributed by atoms with Gasteiger partial charge < -0.3 is 10.4 Å². The molecule has 0 radical (unpaired) electrons. The fourth-order valence-electron chi connectivity index (χ4n) is 1.58. The van der Waals surface area contributed by atoms with Gasteiger partial charge in [-0.2, -0.15) is 0 Å². The zero-order chi connectivity index (χ0) is 10.4. The molecule has 1 atom stereocenters. The Bertz CT molecular complexity index is 273. The molecule has 1 unspecified atom stereocenters. The monoisotopic (exact) mass is 193 g/mol. The molecule has 2 heteroatoms. The van der Waals surface area contributed by atoms with E-state index in [4.69, 9.17) is 5.11 Å². The maximum absolute atomic E-state index is 8.66. The lowest BCUT2D eigenvalue weighted by atomic mass is 10.0. The summed E-state index contributed by atoms with van der Waals surface area (Å²) >= 11 is 0. The molecule has 0 bridgehead atoms. The largest absolute Gasteiger partial charge is 0.396 e. The molecule has 0 amide bonds. The minimum Gasteiger partial charge on any atom is -0.396 e. The van der Waals surface area contributed by atoms with Gasteiger partial charge in [0.25, 0.3) is 0 Å². The highest BCUT2D eigenvalue weighted by molar-refractivity contribution is 5.28. The third kappa shape index (κ3) is 3.13. The second kappa shape index (κ2) is 5.78. The molecule has 0 saturated carbocycles. The smallest absolute Gasteiger partial charge is 0.0443 e. The van der Waals surface area contributed by atoms with Crippen molar-refractivity contribution in [1.82, 2.24) is 5.32 Å². The molecule has 0 spiro atoms. The van der Waals surface area contributed by atoms with Crippen molar-refractivity contribution in [3.05, 3.63) is 35.4 Å². The number of benzene rings is 1. The van der Waals surface area contributed by atoms with Gasteiger partial charge >= 0.3 is 0 Å². The molecule has 0 saturated heterocycles. The fraction of sp³-hybridized carbons (Fsp3) is 0.500. The summed E-state index contributed by atoms with van der Waals surface area (Å²) in [5.74, 6) is 0. The normalized spacial score (nSPS) is 12.8. The van der Waals surface area contributed by atoms with E-state index in [1.807, 2.05) is 0 Å². The average molecular weight is 193 g/mol. The molecule has 0 aliphatic heterocycles. The van der Waals surface area contributed by atoms with Gasteiger partial charge in [0.2, 0.25) is 0 Å². The van der Waals surface area contributed by atoms with Crippen molar-refractivity contribution >= 4 is 0 Å². The average Bonchev–Trinajstić information content (AvgIpc) is 2.18. The van der Waals surface area contributed by atoms with Crippen LogP contribution in [0.3, 0.4) is 0 Å². The van der Waals surface area contributed by atoms with Crippen molar-refractivity contribution in [2.45, 2.75) is 26.3 Å². The molecule has 0 fully saturated rings. The van der Waals surface area contributed by atoms with Gasteiger partial charge in [0, 0.05) is 12.6 Å². The van der Waals surface area contributed by atoms with E-state index in [0.29, 0.717) is 6.04 Å². The summed E-state index contributed by atoms with van der Waals surface area (Å²) in [6.07, 6.45) is 0.816. The van der Waals surface area contributed by atoms with Crippen molar-refractivity contribution in [3.8, 4) is 0 Å². The summed E-state index contributed by atoms with van der Waals surface area (Å²) in [6, 6.07) is 8.75. The maximum atomic E-state index is 8.66. The first-order chi connectivity index (χ1) is 6.75. The van der Waals surface area contributed by atoms with Crippen LogP contribution < -0.4 is 5.32 Å². The zero-order valence-electron chi connectivity index (χ0n) is 8.96. The van der Waals surface area contributed by atoms with Crippen LogP contribution in [0.25, 0.3) is 0 Å². The first kappa shape index (κ1) is 11.2. The van der Waals surface area contributed by atoms with Gasteiger partial charge in [0.15, 0.2) is 0 Å². The van der Waals surface area contributed by atoms with Gasteiger partial charge in [-0.1, -0.05) is 24.3 Å². The summed E-state index contributed by atoms with van der Waals surface area (Å²) in [7, 11) is 0. The van der Waals surface area contributed by atoms with Crippen LogP contribution in [-0.4, -0.2) is 18.3 Å². The van der Waals surface area contributed by atoms with Crippen molar-refractivity contribution in [2.75, 3.05) is 13.2 Å². The van der Waals surface area contributed by atoms with Crippen molar-refractivity contribution in [1.29, 1.82) is 0 Å². The summed E-state index contributed by atoms with van der Waals surface area (Å²) in [5, 5.41) is 12.0. The van der Waals surface area contributed by atoms with Gasteiger partial charge in [0.1, 0.15) is 0 Å². The summed E-state index contributed by atoms with van der Waals surface area (Å²) < 4.78 is 0. The molecule has 78 valence electrons. The highest BCUT2D eigenvalue weighted by Gasteiger charge is 2.05. The summed E-state index contributed by atoms with van der Waals surface area (Å²) in [4.78, 5) is 0. The van der Waals surface area contributed by atoms with E-state index in [9.17, 15) is 0 Å². The Kier molecular flexibility index (Phi) is 4.63. The SMILES string of the molecule is Cc1ccccc1C(C)NCCCO. The Labute approximate surface area is 86.0 Å². The van der Waals surface area contributed by atoms with E-state index < -0.39 is 0 Å². The van der Waals surface area contributed by atoms with Gasteiger partial charge in [-0.15, -0.1) is 0 Å².